The maximum Gasteiger partial charge on any atom is 0.261 e. The van der Waals surface area contributed by atoms with Gasteiger partial charge in [0.05, 0.1) is 15.8 Å². The molecule has 0 aliphatic rings. The number of amides is 1. The second-order valence-corrected chi connectivity index (χ2v) is 9.88. The summed E-state index contributed by atoms with van der Waals surface area (Å²) in [4.78, 5) is 23.3. The van der Waals surface area contributed by atoms with E-state index in [9.17, 15) is 4.79 Å². The van der Waals surface area contributed by atoms with Gasteiger partial charge in [0.25, 0.3) is 5.91 Å². The molecule has 0 unspecified atom stereocenters. The largest absolute Gasteiger partial charge is 0.309 e. The molecule has 1 amide bonds. The molecule has 3 aromatic rings. The molecule has 0 N–H and O–H groups in total. The first-order valence-electron chi connectivity index (χ1n) is 9.24. The summed E-state index contributed by atoms with van der Waals surface area (Å²) in [5, 5.41) is 0.758. The molecule has 0 spiro atoms. The maximum atomic E-state index is 13.5. The number of nitrogens with zero attached hydrogens (tertiary/aromatic N) is 3. The van der Waals surface area contributed by atoms with E-state index in [-0.39, 0.29) is 5.91 Å². The van der Waals surface area contributed by atoms with Crippen LogP contribution < -0.4 is 4.90 Å². The van der Waals surface area contributed by atoms with E-state index in [0.29, 0.717) is 6.54 Å². The minimum atomic E-state index is 0.0217. The smallest absolute Gasteiger partial charge is 0.261 e. The first-order valence-corrected chi connectivity index (χ1v) is 11.8. The topological polar surface area (TPSA) is 36.4 Å². The van der Waals surface area contributed by atoms with Crippen LogP contribution in [-0.2, 0) is 0 Å². The minimum absolute atomic E-state index is 0.0217. The molecule has 28 heavy (non-hydrogen) atoms. The van der Waals surface area contributed by atoms with Gasteiger partial charge in [0, 0.05) is 15.9 Å². The Labute approximate surface area is 183 Å². The zero-order chi connectivity index (χ0) is 20.1. The van der Waals surface area contributed by atoms with E-state index in [2.05, 4.69) is 47.9 Å². The summed E-state index contributed by atoms with van der Waals surface area (Å²) in [6, 6.07) is 13.9. The Bertz CT molecular complexity index is 958. The van der Waals surface area contributed by atoms with Gasteiger partial charge >= 0.3 is 0 Å². The number of hydrogen-bond donors (Lipinski definition) is 0. The molecule has 0 saturated carbocycles. The molecule has 148 valence electrons. The van der Waals surface area contributed by atoms with Crippen molar-refractivity contribution in [3.8, 4) is 0 Å². The van der Waals surface area contributed by atoms with Crippen molar-refractivity contribution in [3.63, 3.8) is 0 Å². The molecule has 0 bridgehead atoms. The Balaban J connectivity index is 1.97. The predicted octanol–water partition coefficient (Wildman–Crippen LogP) is 5.77. The fourth-order valence-electron chi connectivity index (χ4n) is 2.90. The number of aromatic nitrogens is 1. The number of rotatable bonds is 8. The molecular weight excluding hydrogens is 454 g/mol. The summed E-state index contributed by atoms with van der Waals surface area (Å²) in [5.41, 5.74) is 1.67. The van der Waals surface area contributed by atoms with Gasteiger partial charge in [0.2, 0.25) is 0 Å². The van der Waals surface area contributed by atoms with Gasteiger partial charge in [0.15, 0.2) is 5.13 Å². The van der Waals surface area contributed by atoms with Gasteiger partial charge in [-0.15, -0.1) is 11.8 Å². The second-order valence-electron chi connectivity index (χ2n) is 6.65. The van der Waals surface area contributed by atoms with Crippen LogP contribution in [0, 0.1) is 0 Å². The first kappa shape index (κ1) is 21.3. The third kappa shape index (κ3) is 5.14. The van der Waals surface area contributed by atoms with Crippen molar-refractivity contribution in [2.45, 2.75) is 18.2 Å². The quantitative estimate of drug-likeness (QED) is 0.385. The van der Waals surface area contributed by atoms with Crippen LogP contribution in [0.2, 0.25) is 0 Å². The van der Waals surface area contributed by atoms with Crippen LogP contribution in [0.3, 0.4) is 0 Å². The van der Waals surface area contributed by atoms with Gasteiger partial charge in [-0.1, -0.05) is 46.3 Å². The normalized spacial score (nSPS) is 11.3. The number of carbonyl (C=O) groups excluding carboxylic acids is 1. The lowest BCUT2D eigenvalue weighted by atomic mass is 10.2. The summed E-state index contributed by atoms with van der Waals surface area (Å²) >= 11 is 6.78. The number of benzene rings is 2. The van der Waals surface area contributed by atoms with Crippen molar-refractivity contribution >= 4 is 60.3 Å². The molecule has 7 heteroatoms. The Morgan fingerprint density at radius 3 is 2.71 bits per heavy atom. The molecule has 0 fully saturated rings. The minimum Gasteiger partial charge on any atom is -0.309 e. The third-order valence-electron chi connectivity index (χ3n) is 4.22. The summed E-state index contributed by atoms with van der Waals surface area (Å²) in [5.74, 6) is 0.952. The van der Waals surface area contributed by atoms with Crippen LogP contribution in [-0.4, -0.2) is 48.7 Å². The highest BCUT2D eigenvalue weighted by Gasteiger charge is 2.23. The molecule has 4 nitrogen and oxygen atoms in total. The van der Waals surface area contributed by atoms with Crippen LogP contribution in [0.1, 0.15) is 23.7 Å². The van der Waals surface area contributed by atoms with Gasteiger partial charge in [-0.2, -0.15) is 0 Å². The Morgan fingerprint density at radius 1 is 1.18 bits per heavy atom. The van der Waals surface area contributed by atoms with E-state index < -0.39 is 0 Å². The number of anilines is 1. The molecule has 0 radical (unpaired) electrons. The van der Waals surface area contributed by atoms with Crippen molar-refractivity contribution in [2.75, 3.05) is 37.8 Å². The van der Waals surface area contributed by atoms with E-state index >= 15 is 0 Å². The second kappa shape index (κ2) is 9.87. The van der Waals surface area contributed by atoms with Crippen molar-refractivity contribution in [1.82, 2.24) is 9.88 Å². The lowest BCUT2D eigenvalue weighted by Gasteiger charge is -2.22. The number of thiazole rings is 1. The van der Waals surface area contributed by atoms with E-state index in [1.807, 2.05) is 41.3 Å². The Hall–Kier alpha value is -1.41. The highest BCUT2D eigenvalue weighted by Crippen LogP contribution is 2.33. The number of hydrogen-bond acceptors (Lipinski definition) is 5. The highest BCUT2D eigenvalue weighted by molar-refractivity contribution is 9.10. The molecule has 1 aromatic heterocycles. The van der Waals surface area contributed by atoms with E-state index in [4.69, 9.17) is 4.98 Å². The Morgan fingerprint density at radius 2 is 1.96 bits per heavy atom. The maximum absolute atomic E-state index is 13.5. The fraction of sp³-hybridized carbons (Fsp3) is 0.333. The average Bonchev–Trinajstić information content (AvgIpc) is 3.08. The fourth-order valence-corrected chi connectivity index (χ4v) is 5.24. The lowest BCUT2D eigenvalue weighted by Crippen LogP contribution is -2.33. The van der Waals surface area contributed by atoms with Gasteiger partial charge in [-0.05, 0) is 63.1 Å². The van der Waals surface area contributed by atoms with E-state index in [1.165, 1.54) is 0 Å². The average molecular weight is 478 g/mol. The molecule has 0 aliphatic heterocycles. The monoisotopic (exact) mass is 477 g/mol. The van der Waals surface area contributed by atoms with E-state index in [1.54, 1.807) is 23.1 Å². The molecular formula is C21H24BrN3OS2. The summed E-state index contributed by atoms with van der Waals surface area (Å²) in [6.07, 6.45) is 0.890. The predicted molar refractivity (Wildman–Crippen MR) is 125 cm³/mol. The van der Waals surface area contributed by atoms with Crippen LogP contribution in [0.5, 0.6) is 0 Å². The molecule has 2 aromatic carbocycles. The number of fused-ring (bicyclic) bond motifs is 1. The van der Waals surface area contributed by atoms with Crippen molar-refractivity contribution < 1.29 is 4.79 Å². The summed E-state index contributed by atoms with van der Waals surface area (Å²) in [7, 11) is 4.10. The van der Waals surface area contributed by atoms with Gasteiger partial charge < -0.3 is 4.90 Å². The van der Waals surface area contributed by atoms with Gasteiger partial charge in [-0.3, -0.25) is 9.69 Å². The SMILES string of the molecule is CCSc1ccccc1C(=O)N(CCCN(C)C)c1nc2ccc(Br)cc2s1. The standard InChI is InChI=1S/C21H24BrN3OS2/c1-4-27-18-9-6-5-8-16(18)20(26)25(13-7-12-24(2)3)21-23-17-11-10-15(22)14-19(17)28-21/h5-6,8-11,14H,4,7,12-13H2,1-3H3. The van der Waals surface area contributed by atoms with Crippen LogP contribution in [0.15, 0.2) is 51.8 Å². The van der Waals surface area contributed by atoms with Crippen LogP contribution in [0.4, 0.5) is 5.13 Å². The summed E-state index contributed by atoms with van der Waals surface area (Å²) in [6.45, 7) is 3.67. The van der Waals surface area contributed by atoms with Crippen molar-refractivity contribution in [1.29, 1.82) is 0 Å². The third-order valence-corrected chi connectivity index (χ3v) is 6.71. The van der Waals surface area contributed by atoms with Crippen molar-refractivity contribution in [2.24, 2.45) is 0 Å². The number of halogens is 1. The van der Waals surface area contributed by atoms with Crippen LogP contribution >= 0.6 is 39.0 Å². The van der Waals surface area contributed by atoms with Crippen LogP contribution in [0.25, 0.3) is 10.2 Å². The van der Waals surface area contributed by atoms with Gasteiger partial charge in [0.1, 0.15) is 0 Å². The number of thioether (sulfide) groups is 1. The van der Waals surface area contributed by atoms with Gasteiger partial charge in [-0.25, -0.2) is 4.98 Å². The Kier molecular flexibility index (Phi) is 7.51. The molecule has 0 aliphatic carbocycles. The number of carbonyl (C=O) groups is 1. The molecule has 1 heterocycles. The lowest BCUT2D eigenvalue weighted by molar-refractivity contribution is 0.0983. The summed E-state index contributed by atoms with van der Waals surface area (Å²) < 4.78 is 2.09. The first-order chi connectivity index (χ1) is 13.5. The molecule has 0 atom stereocenters. The van der Waals surface area contributed by atoms with E-state index in [0.717, 1.165) is 49.0 Å². The zero-order valence-electron chi connectivity index (χ0n) is 16.3. The highest BCUT2D eigenvalue weighted by atomic mass is 79.9. The molecule has 0 saturated heterocycles. The zero-order valence-corrected chi connectivity index (χ0v) is 19.5. The molecule has 3 rings (SSSR count). The van der Waals surface area contributed by atoms with Crippen molar-refractivity contribution in [3.05, 3.63) is 52.5 Å².